The van der Waals surface area contributed by atoms with Crippen LogP contribution in [0.25, 0.3) is 0 Å². The summed E-state index contributed by atoms with van der Waals surface area (Å²) in [7, 11) is -3.70. The van der Waals surface area contributed by atoms with Crippen molar-refractivity contribution in [3.8, 4) is 0 Å². The largest absolute Gasteiger partial charge is 0.395 e. The number of nitrogens with one attached hydrogen (secondary N) is 3. The number of fused-ring (bicyclic) bond motifs is 2. The van der Waals surface area contributed by atoms with Gasteiger partial charge in [-0.25, -0.2) is 8.42 Å². The Labute approximate surface area is 229 Å². The summed E-state index contributed by atoms with van der Waals surface area (Å²) in [4.78, 5) is 28.8. The second-order valence-electron chi connectivity index (χ2n) is 11.7. The Bertz CT molecular complexity index is 1400. The first-order chi connectivity index (χ1) is 18.7. The van der Waals surface area contributed by atoms with Gasteiger partial charge in [0.15, 0.2) is 0 Å². The average Bonchev–Trinajstić information content (AvgIpc) is 3.62. The molecular formula is C29H36N4O5S. The highest BCUT2D eigenvalue weighted by atomic mass is 32.2. The predicted molar refractivity (Wildman–Crippen MR) is 152 cm³/mol. The van der Waals surface area contributed by atoms with Crippen LogP contribution in [0, 0.1) is 5.41 Å². The van der Waals surface area contributed by atoms with Crippen LogP contribution in [0.2, 0.25) is 0 Å². The van der Waals surface area contributed by atoms with Crippen molar-refractivity contribution in [2.45, 2.75) is 63.2 Å². The maximum atomic E-state index is 13.7. The number of carbonyl (C=O) groups excluding carboxylic acids is 2. The molecule has 6 rings (SSSR count). The van der Waals surface area contributed by atoms with Crippen molar-refractivity contribution in [3.63, 3.8) is 0 Å². The standard InChI is InChI=1S/C29H36N4O5S/c34-16-17-39(37,38)32-21-4-6-22(25(19-21)33-14-12-28(10-11-28)13-15-33)26(35)30-20-5-7-24-23(18-20)29(27(36)31-24)8-2-1-3-9-29/h4-7,18-19,32,34H,1-3,8-17H2,(H,30,35)(H,31,36). The van der Waals surface area contributed by atoms with E-state index in [1.165, 1.54) is 12.8 Å². The van der Waals surface area contributed by atoms with Crippen LogP contribution in [-0.2, 0) is 20.2 Å². The molecule has 2 aromatic rings. The highest BCUT2D eigenvalue weighted by molar-refractivity contribution is 7.92. The molecule has 208 valence electrons. The maximum absolute atomic E-state index is 13.7. The van der Waals surface area contributed by atoms with Crippen LogP contribution in [0.1, 0.15) is 73.7 Å². The fraction of sp³-hybridized carbons (Fsp3) is 0.517. The Morgan fingerprint density at radius 1 is 0.949 bits per heavy atom. The van der Waals surface area contributed by atoms with Gasteiger partial charge in [-0.05, 0) is 85.9 Å². The van der Waals surface area contributed by atoms with Gasteiger partial charge in [-0.2, -0.15) is 0 Å². The molecule has 0 bridgehead atoms. The number of amides is 2. The van der Waals surface area contributed by atoms with Crippen LogP contribution in [0.3, 0.4) is 0 Å². The number of nitrogens with zero attached hydrogens (tertiary/aromatic N) is 1. The van der Waals surface area contributed by atoms with Crippen LogP contribution in [0.15, 0.2) is 36.4 Å². The average molecular weight is 553 g/mol. The summed E-state index contributed by atoms with van der Waals surface area (Å²) in [5, 5.41) is 15.2. The molecule has 2 spiro atoms. The van der Waals surface area contributed by atoms with Gasteiger partial charge in [0.05, 0.1) is 34.7 Å². The third-order valence-electron chi connectivity index (χ3n) is 9.18. The van der Waals surface area contributed by atoms with Crippen LogP contribution >= 0.6 is 0 Å². The molecule has 9 nitrogen and oxygen atoms in total. The van der Waals surface area contributed by atoms with Crippen LogP contribution in [0.5, 0.6) is 0 Å². The van der Waals surface area contributed by atoms with Crippen molar-refractivity contribution in [2.75, 3.05) is 45.7 Å². The molecule has 2 heterocycles. The highest BCUT2D eigenvalue weighted by Crippen LogP contribution is 2.54. The number of sulfonamides is 1. The molecule has 1 saturated heterocycles. The van der Waals surface area contributed by atoms with E-state index in [0.29, 0.717) is 28.0 Å². The molecule has 2 aliphatic carbocycles. The van der Waals surface area contributed by atoms with Crippen LogP contribution in [-0.4, -0.2) is 50.8 Å². The summed E-state index contributed by atoms with van der Waals surface area (Å²) < 4.78 is 27.1. The maximum Gasteiger partial charge on any atom is 0.257 e. The van der Waals surface area contributed by atoms with Gasteiger partial charge in [-0.3, -0.25) is 14.3 Å². The molecule has 0 unspecified atom stereocenters. The second-order valence-corrected chi connectivity index (χ2v) is 13.5. The van der Waals surface area contributed by atoms with E-state index in [0.717, 1.165) is 69.3 Å². The number of benzene rings is 2. The molecule has 10 heteroatoms. The number of anilines is 4. The lowest BCUT2D eigenvalue weighted by molar-refractivity contribution is -0.121. The monoisotopic (exact) mass is 552 g/mol. The Morgan fingerprint density at radius 3 is 2.36 bits per heavy atom. The Morgan fingerprint density at radius 2 is 1.67 bits per heavy atom. The summed E-state index contributed by atoms with van der Waals surface area (Å²) in [6.07, 6.45) is 9.42. The lowest BCUT2D eigenvalue weighted by Gasteiger charge is -2.35. The lowest BCUT2D eigenvalue weighted by Crippen LogP contribution is -2.36. The normalized spacial score (nSPS) is 20.9. The van der Waals surface area contributed by atoms with Gasteiger partial charge in [0.25, 0.3) is 5.91 Å². The van der Waals surface area contributed by atoms with Gasteiger partial charge >= 0.3 is 0 Å². The first kappa shape index (κ1) is 26.1. The number of hydrogen-bond donors (Lipinski definition) is 4. The van der Waals surface area contributed by atoms with Gasteiger partial charge in [-0.1, -0.05) is 19.3 Å². The molecule has 2 aromatic carbocycles. The van der Waals surface area contributed by atoms with Gasteiger partial charge < -0.3 is 20.6 Å². The predicted octanol–water partition coefficient (Wildman–Crippen LogP) is 4.21. The molecule has 2 saturated carbocycles. The van der Waals surface area contributed by atoms with Crippen molar-refractivity contribution in [1.82, 2.24) is 0 Å². The fourth-order valence-electron chi connectivity index (χ4n) is 6.64. The molecule has 3 fully saturated rings. The Hall–Kier alpha value is -3.11. The third-order valence-corrected chi connectivity index (χ3v) is 10.4. The summed E-state index contributed by atoms with van der Waals surface area (Å²) in [6, 6.07) is 10.6. The van der Waals surface area contributed by atoms with E-state index < -0.39 is 27.8 Å². The van der Waals surface area contributed by atoms with E-state index in [1.54, 1.807) is 18.2 Å². The van der Waals surface area contributed by atoms with Crippen LogP contribution in [0.4, 0.5) is 22.7 Å². The second kappa shape index (κ2) is 9.82. The minimum absolute atomic E-state index is 0.0562. The smallest absolute Gasteiger partial charge is 0.257 e. The number of aliphatic hydroxyl groups is 1. The van der Waals surface area contributed by atoms with E-state index in [2.05, 4.69) is 20.3 Å². The minimum atomic E-state index is -3.70. The Kier molecular flexibility index (Phi) is 6.58. The first-order valence-electron chi connectivity index (χ1n) is 14.0. The van der Waals surface area contributed by atoms with Crippen molar-refractivity contribution in [2.24, 2.45) is 5.41 Å². The quantitative estimate of drug-likeness (QED) is 0.408. The molecule has 0 atom stereocenters. The molecule has 4 N–H and O–H groups in total. The Balaban J connectivity index is 1.28. The number of rotatable bonds is 7. The zero-order chi connectivity index (χ0) is 27.3. The van der Waals surface area contributed by atoms with E-state index in [4.69, 9.17) is 5.11 Å². The van der Waals surface area contributed by atoms with Crippen molar-refractivity contribution < 1.29 is 23.1 Å². The molecule has 2 aliphatic heterocycles. The summed E-state index contributed by atoms with van der Waals surface area (Å²) in [5.74, 6) is -0.620. The van der Waals surface area contributed by atoms with E-state index in [9.17, 15) is 18.0 Å². The molecular weight excluding hydrogens is 516 g/mol. The zero-order valence-electron chi connectivity index (χ0n) is 22.1. The number of hydrogen-bond acceptors (Lipinski definition) is 6. The van der Waals surface area contributed by atoms with Crippen molar-refractivity contribution >= 4 is 44.6 Å². The SMILES string of the molecule is O=C(Nc1ccc2c(c1)C1(CCCCC1)C(=O)N2)c1ccc(NS(=O)(=O)CCO)cc1N1CCC2(CC1)CC2. The fourth-order valence-corrected chi connectivity index (χ4v) is 7.47. The third kappa shape index (κ3) is 5.00. The summed E-state index contributed by atoms with van der Waals surface area (Å²) >= 11 is 0. The van der Waals surface area contributed by atoms with Crippen molar-refractivity contribution in [3.05, 3.63) is 47.5 Å². The molecule has 0 radical (unpaired) electrons. The van der Waals surface area contributed by atoms with Crippen molar-refractivity contribution in [1.29, 1.82) is 0 Å². The van der Waals surface area contributed by atoms with E-state index in [1.807, 2.05) is 18.2 Å². The first-order valence-corrected chi connectivity index (χ1v) is 15.7. The molecule has 0 aromatic heterocycles. The van der Waals surface area contributed by atoms with Gasteiger partial charge in [0, 0.05) is 24.5 Å². The van der Waals surface area contributed by atoms with Gasteiger partial charge in [-0.15, -0.1) is 0 Å². The van der Waals surface area contributed by atoms with Gasteiger partial charge in [0.2, 0.25) is 15.9 Å². The molecule has 4 aliphatic rings. The zero-order valence-corrected chi connectivity index (χ0v) is 22.9. The lowest BCUT2D eigenvalue weighted by atomic mass is 9.70. The topological polar surface area (TPSA) is 128 Å². The van der Waals surface area contributed by atoms with Crippen LogP contribution < -0.4 is 20.3 Å². The van der Waals surface area contributed by atoms with Gasteiger partial charge in [0.1, 0.15) is 0 Å². The van der Waals surface area contributed by atoms with E-state index in [-0.39, 0.29) is 11.8 Å². The summed E-state index contributed by atoms with van der Waals surface area (Å²) in [6.45, 7) is 1.14. The number of piperidine rings is 1. The number of carbonyl (C=O) groups is 2. The molecule has 39 heavy (non-hydrogen) atoms. The number of aliphatic hydroxyl groups excluding tert-OH is 1. The summed E-state index contributed by atoms with van der Waals surface area (Å²) in [5.41, 5.74) is 3.87. The minimum Gasteiger partial charge on any atom is -0.395 e. The van der Waals surface area contributed by atoms with E-state index >= 15 is 0 Å². The highest BCUT2D eigenvalue weighted by Gasteiger charge is 2.47. The molecule has 2 amide bonds.